The standard InChI is InChI=1S/C8H7NO5/c1-14-4-2-5(7(10)11)6(8(12)13)9-3-4/h2-3H,1H3,(H,10,11)(H,12,13). The summed E-state index contributed by atoms with van der Waals surface area (Å²) in [4.78, 5) is 24.7. The lowest BCUT2D eigenvalue weighted by Crippen LogP contribution is -2.10. The largest absolute Gasteiger partial charge is 0.495 e. The molecule has 1 aromatic rings. The van der Waals surface area contributed by atoms with E-state index >= 15 is 0 Å². The van der Waals surface area contributed by atoms with Crippen molar-refractivity contribution >= 4 is 11.9 Å². The molecule has 0 aromatic carbocycles. The van der Waals surface area contributed by atoms with Crippen LogP contribution in [0.15, 0.2) is 12.3 Å². The molecule has 0 aliphatic rings. The Labute approximate surface area is 78.8 Å². The average Bonchev–Trinajstić information content (AvgIpc) is 2.16. The highest BCUT2D eigenvalue weighted by atomic mass is 16.5. The zero-order chi connectivity index (χ0) is 10.7. The van der Waals surface area contributed by atoms with Crippen LogP contribution in [0.4, 0.5) is 0 Å². The molecule has 0 saturated heterocycles. The van der Waals surface area contributed by atoms with Gasteiger partial charge in [-0.05, 0) is 6.07 Å². The third-order valence-corrected chi connectivity index (χ3v) is 1.53. The van der Waals surface area contributed by atoms with Gasteiger partial charge in [-0.2, -0.15) is 0 Å². The van der Waals surface area contributed by atoms with Crippen LogP contribution in [0.3, 0.4) is 0 Å². The fraction of sp³-hybridized carbons (Fsp3) is 0.125. The summed E-state index contributed by atoms with van der Waals surface area (Å²) >= 11 is 0. The lowest BCUT2D eigenvalue weighted by atomic mass is 10.2. The van der Waals surface area contributed by atoms with Crippen molar-refractivity contribution in [3.05, 3.63) is 23.5 Å². The second kappa shape index (κ2) is 3.73. The quantitative estimate of drug-likeness (QED) is 0.731. The van der Waals surface area contributed by atoms with Gasteiger partial charge >= 0.3 is 11.9 Å². The Morgan fingerprint density at radius 2 is 2.00 bits per heavy atom. The van der Waals surface area contributed by atoms with Crippen LogP contribution in [-0.2, 0) is 0 Å². The maximum Gasteiger partial charge on any atom is 0.355 e. The molecule has 6 nitrogen and oxygen atoms in total. The van der Waals surface area contributed by atoms with E-state index in [1.165, 1.54) is 7.11 Å². The summed E-state index contributed by atoms with van der Waals surface area (Å²) in [5.41, 5.74) is -0.893. The van der Waals surface area contributed by atoms with Gasteiger partial charge in [-0.1, -0.05) is 0 Å². The number of pyridine rings is 1. The zero-order valence-corrected chi connectivity index (χ0v) is 7.22. The molecule has 0 bridgehead atoms. The minimum Gasteiger partial charge on any atom is -0.495 e. The molecule has 0 spiro atoms. The van der Waals surface area contributed by atoms with Gasteiger partial charge in [-0.15, -0.1) is 0 Å². The van der Waals surface area contributed by atoms with E-state index in [4.69, 9.17) is 14.9 Å². The number of carboxylic acid groups (broad SMARTS) is 2. The summed E-state index contributed by atoms with van der Waals surface area (Å²) in [5.74, 6) is -2.54. The Morgan fingerprint density at radius 1 is 1.36 bits per heavy atom. The highest BCUT2D eigenvalue weighted by Gasteiger charge is 2.18. The zero-order valence-electron chi connectivity index (χ0n) is 7.22. The van der Waals surface area contributed by atoms with Crippen LogP contribution < -0.4 is 4.74 Å². The maximum atomic E-state index is 10.6. The number of hydrogen-bond donors (Lipinski definition) is 2. The van der Waals surface area contributed by atoms with Crippen LogP contribution in [0.1, 0.15) is 20.8 Å². The van der Waals surface area contributed by atoms with Gasteiger partial charge < -0.3 is 14.9 Å². The number of rotatable bonds is 3. The SMILES string of the molecule is COc1cnc(C(=O)O)c(C(=O)O)c1. The summed E-state index contributed by atoms with van der Waals surface area (Å²) in [6.45, 7) is 0. The smallest absolute Gasteiger partial charge is 0.355 e. The van der Waals surface area contributed by atoms with Gasteiger partial charge in [0.15, 0.2) is 5.69 Å². The maximum absolute atomic E-state index is 10.6. The molecule has 1 heterocycles. The van der Waals surface area contributed by atoms with Gasteiger partial charge in [0.25, 0.3) is 0 Å². The molecule has 0 unspecified atom stereocenters. The minimum absolute atomic E-state index is 0.201. The lowest BCUT2D eigenvalue weighted by molar-refractivity contribution is 0.0646. The molecule has 0 radical (unpaired) electrons. The van der Waals surface area contributed by atoms with Crippen LogP contribution >= 0.6 is 0 Å². The lowest BCUT2D eigenvalue weighted by Gasteiger charge is -2.03. The molecule has 6 heteroatoms. The second-order valence-electron chi connectivity index (χ2n) is 2.38. The first-order chi connectivity index (χ1) is 6.56. The van der Waals surface area contributed by atoms with E-state index in [1.54, 1.807) is 0 Å². The van der Waals surface area contributed by atoms with Crippen molar-refractivity contribution in [2.45, 2.75) is 0 Å². The predicted octanol–water partition coefficient (Wildman–Crippen LogP) is 0.487. The van der Waals surface area contributed by atoms with Crippen LogP contribution in [0.2, 0.25) is 0 Å². The van der Waals surface area contributed by atoms with E-state index in [-0.39, 0.29) is 5.75 Å². The predicted molar refractivity (Wildman–Crippen MR) is 44.7 cm³/mol. The average molecular weight is 197 g/mol. The van der Waals surface area contributed by atoms with Crippen LogP contribution in [0, 0.1) is 0 Å². The fourth-order valence-electron chi connectivity index (χ4n) is 0.891. The second-order valence-corrected chi connectivity index (χ2v) is 2.38. The van der Waals surface area contributed by atoms with Gasteiger partial charge in [0.05, 0.1) is 18.9 Å². The normalized spacial score (nSPS) is 9.50. The van der Waals surface area contributed by atoms with Gasteiger partial charge in [0.1, 0.15) is 5.75 Å². The van der Waals surface area contributed by atoms with E-state index in [9.17, 15) is 9.59 Å². The number of aromatic carboxylic acids is 2. The minimum atomic E-state index is -1.38. The van der Waals surface area contributed by atoms with E-state index in [2.05, 4.69) is 4.98 Å². The Morgan fingerprint density at radius 3 is 2.43 bits per heavy atom. The van der Waals surface area contributed by atoms with Crippen LogP contribution in [-0.4, -0.2) is 34.2 Å². The molecular formula is C8H7NO5. The molecule has 14 heavy (non-hydrogen) atoms. The number of carbonyl (C=O) groups is 2. The number of hydrogen-bond acceptors (Lipinski definition) is 4. The third-order valence-electron chi connectivity index (χ3n) is 1.53. The van der Waals surface area contributed by atoms with E-state index < -0.39 is 23.2 Å². The van der Waals surface area contributed by atoms with E-state index in [1.807, 2.05) is 0 Å². The first kappa shape index (κ1) is 9.97. The number of methoxy groups -OCH3 is 1. The molecule has 1 rings (SSSR count). The summed E-state index contributed by atoms with van der Waals surface area (Å²) in [6, 6.07) is 1.11. The molecule has 0 aliphatic heterocycles. The summed E-state index contributed by atoms with van der Waals surface area (Å²) in [7, 11) is 1.34. The first-order valence-electron chi connectivity index (χ1n) is 3.57. The monoisotopic (exact) mass is 197 g/mol. The molecule has 1 aromatic heterocycles. The molecule has 0 aliphatic carbocycles. The van der Waals surface area contributed by atoms with Crippen molar-refractivity contribution in [3.8, 4) is 5.75 Å². The fourth-order valence-corrected chi connectivity index (χ4v) is 0.891. The molecule has 0 amide bonds. The Balaban J connectivity index is 3.31. The molecule has 0 atom stereocenters. The van der Waals surface area contributed by atoms with Gasteiger partial charge in [0.2, 0.25) is 0 Å². The van der Waals surface area contributed by atoms with Gasteiger partial charge in [-0.25, -0.2) is 14.6 Å². The highest BCUT2D eigenvalue weighted by molar-refractivity contribution is 6.00. The Kier molecular flexibility index (Phi) is 2.66. The Hall–Kier alpha value is -2.11. The topological polar surface area (TPSA) is 96.7 Å². The number of ether oxygens (including phenoxy) is 1. The molecule has 0 saturated carbocycles. The summed E-state index contributed by atoms with van der Waals surface area (Å²) in [5, 5.41) is 17.3. The van der Waals surface area contributed by atoms with E-state index in [0.29, 0.717) is 0 Å². The highest BCUT2D eigenvalue weighted by Crippen LogP contribution is 2.14. The van der Waals surface area contributed by atoms with Crippen molar-refractivity contribution in [1.29, 1.82) is 0 Å². The first-order valence-corrected chi connectivity index (χ1v) is 3.57. The summed E-state index contributed by atoms with van der Waals surface area (Å²) < 4.78 is 4.72. The van der Waals surface area contributed by atoms with Crippen molar-refractivity contribution < 1.29 is 24.5 Å². The molecular weight excluding hydrogens is 190 g/mol. The number of carboxylic acids is 2. The number of aromatic nitrogens is 1. The van der Waals surface area contributed by atoms with Crippen LogP contribution in [0.5, 0.6) is 5.75 Å². The van der Waals surface area contributed by atoms with Crippen molar-refractivity contribution in [2.75, 3.05) is 7.11 Å². The van der Waals surface area contributed by atoms with Crippen molar-refractivity contribution in [1.82, 2.24) is 4.98 Å². The number of nitrogens with zero attached hydrogens (tertiary/aromatic N) is 1. The Bertz CT molecular complexity index is 387. The molecule has 74 valence electrons. The van der Waals surface area contributed by atoms with Gasteiger partial charge in [0, 0.05) is 0 Å². The third kappa shape index (κ3) is 1.79. The van der Waals surface area contributed by atoms with Gasteiger partial charge in [-0.3, -0.25) is 0 Å². The summed E-state index contributed by atoms with van der Waals surface area (Å²) in [6.07, 6.45) is 1.15. The molecule has 0 fully saturated rings. The van der Waals surface area contributed by atoms with Crippen molar-refractivity contribution in [3.63, 3.8) is 0 Å². The molecule has 2 N–H and O–H groups in total. The van der Waals surface area contributed by atoms with Crippen LogP contribution in [0.25, 0.3) is 0 Å². The van der Waals surface area contributed by atoms with E-state index in [0.717, 1.165) is 12.3 Å². The van der Waals surface area contributed by atoms with Crippen molar-refractivity contribution in [2.24, 2.45) is 0 Å².